The van der Waals surface area contributed by atoms with Gasteiger partial charge in [0.1, 0.15) is 0 Å². The summed E-state index contributed by atoms with van der Waals surface area (Å²) >= 11 is 0. The first kappa shape index (κ1) is 37.0. The molecule has 0 fully saturated rings. The second kappa shape index (κ2) is 23.2. The molecule has 240 valence electrons. The van der Waals surface area contributed by atoms with Gasteiger partial charge in [-0.05, 0) is 117 Å². The van der Waals surface area contributed by atoms with Gasteiger partial charge in [-0.3, -0.25) is 9.98 Å². The summed E-state index contributed by atoms with van der Waals surface area (Å²) in [6, 6.07) is 11.6. The highest BCUT2D eigenvalue weighted by atomic mass is 14.8. The Balaban J connectivity index is 2.19. The fourth-order valence-corrected chi connectivity index (χ4v) is 6.19. The van der Waals surface area contributed by atoms with E-state index >= 15 is 0 Å². The molecule has 0 aliphatic carbocycles. The first-order chi connectivity index (χ1) is 21.1. The van der Waals surface area contributed by atoms with Crippen molar-refractivity contribution in [3.63, 3.8) is 0 Å². The highest BCUT2D eigenvalue weighted by Gasteiger charge is 2.11. The van der Waals surface area contributed by atoms with Gasteiger partial charge in [0, 0.05) is 6.21 Å². The van der Waals surface area contributed by atoms with E-state index in [0.717, 1.165) is 23.5 Å². The minimum atomic E-state index is 0.974. The normalized spacial score (nSPS) is 12.1. The van der Waals surface area contributed by atoms with Gasteiger partial charge in [0.25, 0.3) is 0 Å². The molecule has 2 rings (SSSR count). The molecule has 0 atom stereocenters. The van der Waals surface area contributed by atoms with E-state index < -0.39 is 0 Å². The summed E-state index contributed by atoms with van der Waals surface area (Å²) in [4.78, 5) is 9.97. The average Bonchev–Trinajstić information content (AvgIpc) is 3.02. The van der Waals surface area contributed by atoms with Crippen LogP contribution in [0, 0.1) is 0 Å². The van der Waals surface area contributed by atoms with Crippen molar-refractivity contribution in [2.24, 2.45) is 9.98 Å². The summed E-state index contributed by atoms with van der Waals surface area (Å²) in [6.45, 7) is 13.6. The molecule has 0 aliphatic heterocycles. The lowest BCUT2D eigenvalue weighted by Gasteiger charge is -2.16. The van der Waals surface area contributed by atoms with Crippen LogP contribution in [0.25, 0.3) is 0 Å². The fraction of sp³-hybridized carbons (Fsp3) is 0.659. The number of unbranched alkanes of at least 4 members (excludes halogenated alkanes) is 12. The predicted octanol–water partition coefficient (Wildman–Crippen LogP) is 13.2. The summed E-state index contributed by atoms with van der Waals surface area (Å²) in [5.41, 5.74) is 10.8. The van der Waals surface area contributed by atoms with Crippen LogP contribution in [0.15, 0.2) is 40.3 Å². The van der Waals surface area contributed by atoms with E-state index in [9.17, 15) is 0 Å². The Morgan fingerprint density at radius 1 is 0.512 bits per heavy atom. The molecular weight excluding hydrogens is 520 g/mol. The lowest BCUT2D eigenvalue weighted by molar-refractivity contribution is 0.606. The summed E-state index contributed by atoms with van der Waals surface area (Å²) in [5.74, 6) is 0. The molecule has 0 amide bonds. The average molecular weight is 587 g/mol. The molecule has 2 heteroatoms. The summed E-state index contributed by atoms with van der Waals surface area (Å²) in [6.07, 6.45) is 28.9. The molecule has 2 aromatic rings. The Labute approximate surface area is 267 Å². The molecule has 0 aromatic heterocycles. The zero-order chi connectivity index (χ0) is 31.1. The Morgan fingerprint density at radius 2 is 1.02 bits per heavy atom. The van der Waals surface area contributed by atoms with Crippen molar-refractivity contribution in [1.29, 1.82) is 0 Å². The van der Waals surface area contributed by atoms with Crippen molar-refractivity contribution >= 4 is 23.3 Å². The number of hydrogen-bond donors (Lipinski definition) is 0. The zero-order valence-corrected chi connectivity index (χ0v) is 29.2. The number of rotatable bonds is 24. The van der Waals surface area contributed by atoms with Gasteiger partial charge in [-0.25, -0.2) is 0 Å². The fourth-order valence-electron chi connectivity index (χ4n) is 6.19. The minimum absolute atomic E-state index is 0.974. The molecule has 0 saturated heterocycles. The van der Waals surface area contributed by atoms with Gasteiger partial charge in [0.2, 0.25) is 0 Å². The molecule has 2 aromatic carbocycles. The highest BCUT2D eigenvalue weighted by Crippen LogP contribution is 2.28. The van der Waals surface area contributed by atoms with Crippen LogP contribution in [0.3, 0.4) is 0 Å². The van der Waals surface area contributed by atoms with Gasteiger partial charge in [-0.2, -0.15) is 0 Å². The van der Waals surface area contributed by atoms with Crippen LogP contribution < -0.4 is 0 Å². The van der Waals surface area contributed by atoms with Crippen LogP contribution in [0.2, 0.25) is 0 Å². The van der Waals surface area contributed by atoms with Crippen LogP contribution in [0.5, 0.6) is 0 Å². The first-order valence-corrected chi connectivity index (χ1v) is 18.4. The lowest BCUT2D eigenvalue weighted by atomic mass is 9.91. The van der Waals surface area contributed by atoms with Crippen molar-refractivity contribution in [2.75, 3.05) is 0 Å². The molecule has 0 unspecified atom stereocenters. The van der Waals surface area contributed by atoms with E-state index in [4.69, 9.17) is 9.98 Å². The molecule has 0 saturated carbocycles. The Hall–Kier alpha value is -2.22. The first-order valence-electron chi connectivity index (χ1n) is 18.4. The number of aryl methyl sites for hydroxylation is 4. The van der Waals surface area contributed by atoms with Crippen molar-refractivity contribution < 1.29 is 0 Å². The quantitative estimate of drug-likeness (QED) is 0.0863. The van der Waals surface area contributed by atoms with E-state index in [-0.39, 0.29) is 0 Å². The third kappa shape index (κ3) is 14.9. The van der Waals surface area contributed by atoms with E-state index in [1.807, 2.05) is 6.21 Å². The maximum absolute atomic E-state index is 5.07. The molecule has 0 N–H and O–H groups in total. The van der Waals surface area contributed by atoms with Crippen molar-refractivity contribution in [1.82, 2.24) is 0 Å². The SMILES string of the molecule is CCCCCCCCc1cc(N=CC(C)=Nc2cc(CC)c(CCCC)c(CCCCCCCC)c2)ccc1CCCC. The second-order valence-electron chi connectivity index (χ2n) is 12.8. The largest absolute Gasteiger partial charge is 0.255 e. The Morgan fingerprint density at radius 3 is 1.65 bits per heavy atom. The van der Waals surface area contributed by atoms with E-state index in [0.29, 0.717) is 0 Å². The highest BCUT2D eigenvalue weighted by molar-refractivity contribution is 6.30. The topological polar surface area (TPSA) is 24.7 Å². The zero-order valence-electron chi connectivity index (χ0n) is 29.2. The number of nitrogens with zero attached hydrogens (tertiary/aromatic N) is 2. The third-order valence-electron chi connectivity index (χ3n) is 8.88. The molecule has 2 nitrogen and oxygen atoms in total. The number of hydrogen-bond acceptors (Lipinski definition) is 2. The van der Waals surface area contributed by atoms with Crippen LogP contribution in [-0.2, 0) is 32.1 Å². The van der Waals surface area contributed by atoms with Gasteiger partial charge < -0.3 is 0 Å². The second-order valence-corrected chi connectivity index (χ2v) is 12.8. The molecule has 0 aliphatic rings. The van der Waals surface area contributed by atoms with Gasteiger partial charge in [0.05, 0.1) is 17.1 Å². The van der Waals surface area contributed by atoms with E-state index in [1.54, 1.807) is 5.56 Å². The maximum atomic E-state index is 5.07. The van der Waals surface area contributed by atoms with E-state index in [1.165, 1.54) is 151 Å². The standard InChI is InChI=1S/C41H66N2/c1-7-12-16-18-20-22-25-37-31-39(29-28-36(37)24-14-9-3)42-33-34(6)43-40-30-35(11-5)41(27-15-10-4)38(32-40)26-23-21-19-17-13-8-2/h28-33H,7-27H2,1-6H3. The third-order valence-corrected chi connectivity index (χ3v) is 8.88. The number of aliphatic imine (C=N–C) groups is 2. The van der Waals surface area contributed by atoms with Gasteiger partial charge in [-0.1, -0.05) is 118 Å². The smallest absolute Gasteiger partial charge is 0.0639 e. The van der Waals surface area contributed by atoms with Crippen LogP contribution in [-0.4, -0.2) is 11.9 Å². The molecule has 0 heterocycles. The molecule has 0 spiro atoms. The van der Waals surface area contributed by atoms with Crippen LogP contribution >= 0.6 is 0 Å². The predicted molar refractivity (Wildman–Crippen MR) is 195 cm³/mol. The van der Waals surface area contributed by atoms with Crippen LogP contribution in [0.4, 0.5) is 11.4 Å². The van der Waals surface area contributed by atoms with Crippen molar-refractivity contribution in [3.8, 4) is 0 Å². The van der Waals surface area contributed by atoms with Crippen molar-refractivity contribution in [3.05, 3.63) is 58.1 Å². The molecule has 0 radical (unpaired) electrons. The lowest BCUT2D eigenvalue weighted by Crippen LogP contribution is -2.01. The van der Waals surface area contributed by atoms with Crippen LogP contribution in [0.1, 0.15) is 172 Å². The molecule has 0 bridgehead atoms. The molecule has 43 heavy (non-hydrogen) atoms. The van der Waals surface area contributed by atoms with Gasteiger partial charge >= 0.3 is 0 Å². The van der Waals surface area contributed by atoms with Gasteiger partial charge in [0.15, 0.2) is 0 Å². The summed E-state index contributed by atoms with van der Waals surface area (Å²) in [5, 5.41) is 0. The van der Waals surface area contributed by atoms with E-state index in [2.05, 4.69) is 71.9 Å². The Kier molecular flexibility index (Phi) is 19.9. The Bertz CT molecular complexity index is 1080. The summed E-state index contributed by atoms with van der Waals surface area (Å²) < 4.78 is 0. The minimum Gasteiger partial charge on any atom is -0.255 e. The van der Waals surface area contributed by atoms with Gasteiger partial charge in [-0.15, -0.1) is 0 Å². The monoisotopic (exact) mass is 587 g/mol. The summed E-state index contributed by atoms with van der Waals surface area (Å²) in [7, 11) is 0. The number of benzene rings is 2. The van der Waals surface area contributed by atoms with Crippen molar-refractivity contribution in [2.45, 2.75) is 176 Å². The maximum Gasteiger partial charge on any atom is 0.0639 e. The molecular formula is C41H66N2.